The Balaban J connectivity index is 0.00000370. The first-order valence-corrected chi connectivity index (χ1v) is 13.4. The summed E-state index contributed by atoms with van der Waals surface area (Å²) >= 11 is 7.72. The molecule has 0 aliphatic carbocycles. The van der Waals surface area contributed by atoms with Crippen LogP contribution in [0.1, 0.15) is 31.5 Å². The Hall–Kier alpha value is -1.59. The van der Waals surface area contributed by atoms with E-state index < -0.39 is 23.2 Å². The Morgan fingerprint density at radius 3 is 2.55 bits per heavy atom. The fraction of sp³-hybridized carbons (Fsp3) is 0.417. The summed E-state index contributed by atoms with van der Waals surface area (Å²) < 4.78 is 41.2. The number of hydrogen-bond acceptors (Lipinski definition) is 9. The van der Waals surface area contributed by atoms with Crippen LogP contribution in [0.2, 0.25) is 5.02 Å². The number of aromatic hydroxyl groups is 1. The zero-order chi connectivity index (χ0) is 27.9. The van der Waals surface area contributed by atoms with E-state index in [1.807, 2.05) is 0 Å². The van der Waals surface area contributed by atoms with Crippen molar-refractivity contribution in [3.63, 3.8) is 0 Å². The summed E-state index contributed by atoms with van der Waals surface area (Å²) in [4.78, 5) is 28.0. The summed E-state index contributed by atoms with van der Waals surface area (Å²) in [7, 11) is 0. The summed E-state index contributed by atoms with van der Waals surface area (Å²) in [5.41, 5.74) is 9.11. The fourth-order valence-electron chi connectivity index (χ4n) is 4.57. The second kappa shape index (κ2) is 12.3. The van der Waals surface area contributed by atoms with Crippen molar-refractivity contribution in [1.82, 2.24) is 19.5 Å². The van der Waals surface area contributed by atoms with Gasteiger partial charge in [0.05, 0.1) is 6.20 Å². The molecule has 0 atom stereocenters. The molecule has 0 saturated carbocycles. The number of nitrogen functional groups attached to an aromatic ring is 1. The molecule has 1 aromatic carbocycles. The van der Waals surface area contributed by atoms with Crippen LogP contribution < -0.4 is 73.3 Å². The van der Waals surface area contributed by atoms with Gasteiger partial charge in [0.15, 0.2) is 5.82 Å². The van der Waals surface area contributed by atoms with Crippen molar-refractivity contribution in [2.45, 2.75) is 60.3 Å². The third-order valence-electron chi connectivity index (χ3n) is 6.92. The molecule has 208 valence electrons. The Morgan fingerprint density at radius 1 is 1.15 bits per heavy atom. The molecule has 2 aliphatic heterocycles. The normalized spacial score (nSPS) is 16.7. The molecular formula is C24H25ClF3KN8O2S. The number of fused-ring (bicyclic) bond motifs is 1. The molecule has 40 heavy (non-hydrogen) atoms. The number of benzene rings is 1. The summed E-state index contributed by atoms with van der Waals surface area (Å²) in [6.45, 7) is 0.640. The molecule has 10 nitrogen and oxygen atoms in total. The van der Waals surface area contributed by atoms with E-state index in [2.05, 4.69) is 20.3 Å². The van der Waals surface area contributed by atoms with Gasteiger partial charge in [-0.05, 0) is 37.4 Å². The topological polar surface area (TPSA) is 150 Å². The maximum absolute atomic E-state index is 13.2. The van der Waals surface area contributed by atoms with E-state index in [4.69, 9.17) is 23.1 Å². The zero-order valence-electron chi connectivity index (χ0n) is 21.6. The molecule has 2 aromatic heterocycles. The maximum atomic E-state index is 13.2. The van der Waals surface area contributed by atoms with Gasteiger partial charge in [-0.25, -0.2) is 15.0 Å². The predicted octanol–water partition coefficient (Wildman–Crippen LogP) is 1.66. The quantitative estimate of drug-likeness (QED) is 0.362. The Bertz CT molecular complexity index is 1470. The van der Waals surface area contributed by atoms with Crippen molar-refractivity contribution in [3.05, 3.63) is 50.9 Å². The second-order valence-electron chi connectivity index (χ2n) is 9.48. The van der Waals surface area contributed by atoms with Crippen molar-refractivity contribution >= 4 is 46.4 Å². The van der Waals surface area contributed by atoms with Crippen LogP contribution in [-0.2, 0) is 13.0 Å². The number of nitrogens with zero attached hydrogens (tertiary/aromatic N) is 6. The van der Waals surface area contributed by atoms with E-state index in [0.717, 1.165) is 24.6 Å². The molecule has 1 fully saturated rings. The van der Waals surface area contributed by atoms with Crippen LogP contribution in [0.25, 0.3) is 5.32 Å². The summed E-state index contributed by atoms with van der Waals surface area (Å²) in [5, 5.41) is 15.2. The fourth-order valence-corrected chi connectivity index (χ4v) is 5.66. The molecule has 0 spiro atoms. The largest absolute Gasteiger partial charge is 1.00 e. The van der Waals surface area contributed by atoms with Crippen molar-refractivity contribution in [1.29, 1.82) is 0 Å². The van der Waals surface area contributed by atoms with Gasteiger partial charge < -0.3 is 26.8 Å². The van der Waals surface area contributed by atoms with Crippen molar-refractivity contribution in [3.8, 4) is 5.88 Å². The first kappa shape index (κ1) is 31.3. The Labute approximate surface area is 279 Å². The number of alkyl halides is 3. The molecule has 5 N–H and O–H groups in total. The molecule has 0 unspecified atom stereocenters. The zero-order valence-corrected chi connectivity index (χ0v) is 26.3. The molecule has 1 saturated heterocycles. The van der Waals surface area contributed by atoms with E-state index in [0.29, 0.717) is 34.5 Å². The van der Waals surface area contributed by atoms with E-state index in [1.165, 1.54) is 10.8 Å². The van der Waals surface area contributed by atoms with Crippen molar-refractivity contribution in [2.75, 3.05) is 23.7 Å². The van der Waals surface area contributed by atoms with Crippen LogP contribution in [0.5, 0.6) is 5.88 Å². The van der Waals surface area contributed by atoms with E-state index >= 15 is 0 Å². The maximum Gasteiger partial charge on any atom is 1.00 e. The average molecular weight is 621 g/mol. The molecule has 0 radical (unpaired) electrons. The number of nitrogens with two attached hydrogens (primary N) is 2. The van der Waals surface area contributed by atoms with Crippen LogP contribution in [0.3, 0.4) is 0 Å². The van der Waals surface area contributed by atoms with Gasteiger partial charge in [0.2, 0.25) is 11.4 Å². The number of hydrogen-bond donors (Lipinski definition) is 3. The van der Waals surface area contributed by atoms with Crippen LogP contribution in [-0.4, -0.2) is 49.4 Å². The Kier molecular flexibility index (Phi) is 9.66. The van der Waals surface area contributed by atoms with Gasteiger partial charge >= 0.3 is 57.6 Å². The number of aryl methyl sites for hydroxylation is 1. The average Bonchev–Trinajstić information content (AvgIpc) is 2.89. The number of anilines is 2. The summed E-state index contributed by atoms with van der Waals surface area (Å²) in [5.74, 6) is 0.508. The first-order valence-electron chi connectivity index (χ1n) is 12.2. The minimum Gasteiger partial charge on any atom is -0.648 e. The molecule has 16 heteroatoms. The van der Waals surface area contributed by atoms with Gasteiger partial charge in [-0.2, -0.15) is 13.2 Å². The van der Waals surface area contributed by atoms with Crippen LogP contribution in [0, 0.1) is 0 Å². The Morgan fingerprint density at radius 2 is 1.88 bits per heavy atom. The molecule has 0 amide bonds. The molecule has 2 aliphatic rings. The third kappa shape index (κ3) is 6.26. The van der Waals surface area contributed by atoms with E-state index in [-0.39, 0.29) is 99.5 Å². The van der Waals surface area contributed by atoms with Gasteiger partial charge in [-0.3, -0.25) is 9.36 Å². The molecule has 0 bridgehead atoms. The number of aromatic nitrogens is 4. The minimum atomic E-state index is -4.48. The number of halogens is 4. The number of piperidine rings is 1. The SMILES string of the molecule is Nc1nc(N2CCC(N)(C(F)(F)F)CC2)cnc1Sc1cccc([N-]c2c(O)nc3n(c2=O)CCCC3)c1Cl.[K+]. The predicted molar refractivity (Wildman–Crippen MR) is 142 cm³/mol. The van der Waals surface area contributed by atoms with E-state index in [1.54, 1.807) is 23.1 Å². The van der Waals surface area contributed by atoms with Gasteiger partial charge in [-0.15, -0.1) is 5.69 Å². The van der Waals surface area contributed by atoms with Crippen molar-refractivity contribution in [2.24, 2.45) is 5.73 Å². The molecule has 3 aromatic rings. The third-order valence-corrected chi connectivity index (χ3v) is 8.49. The standard InChI is InChI=1S/C24H25ClF3N8O2S.K/c25-17-13(32-18-20(37)34-15-6-1-2-9-36(15)22(18)38)4-3-5-14(17)39-21-19(29)33-16(12-31-21)35-10-7-23(30,8-11-35)24(26,27)28;/h3-5,12H,1-2,6-11,30H2,(H3-,29,31,32,33,37,38);/q-1;+1. The van der Waals surface area contributed by atoms with Crippen LogP contribution in [0.4, 0.5) is 36.2 Å². The molecule has 4 heterocycles. The number of rotatable bonds is 5. The monoisotopic (exact) mass is 620 g/mol. The summed E-state index contributed by atoms with van der Waals surface area (Å²) in [6, 6.07) is 4.99. The van der Waals surface area contributed by atoms with Crippen molar-refractivity contribution < 1.29 is 69.7 Å². The van der Waals surface area contributed by atoms with Gasteiger partial charge in [0.1, 0.15) is 22.2 Å². The van der Waals surface area contributed by atoms with Crippen LogP contribution >= 0.6 is 23.4 Å². The first-order chi connectivity index (χ1) is 18.5. The smallest absolute Gasteiger partial charge is 0.648 e. The van der Waals surface area contributed by atoms with Gasteiger partial charge in [0.25, 0.3) is 0 Å². The molecular weight excluding hydrogens is 596 g/mol. The summed E-state index contributed by atoms with van der Waals surface area (Å²) in [6.07, 6.45) is -1.23. The second-order valence-corrected chi connectivity index (χ2v) is 10.9. The van der Waals surface area contributed by atoms with Crippen LogP contribution in [0.15, 0.2) is 39.1 Å². The van der Waals surface area contributed by atoms with Gasteiger partial charge in [0, 0.05) is 36.0 Å². The minimum absolute atomic E-state index is 0. The van der Waals surface area contributed by atoms with E-state index in [9.17, 15) is 23.1 Å². The molecule has 5 rings (SSSR count). The van der Waals surface area contributed by atoms with Gasteiger partial charge in [-0.1, -0.05) is 35.5 Å².